The van der Waals surface area contributed by atoms with Gasteiger partial charge in [-0.1, -0.05) is 11.8 Å². The van der Waals surface area contributed by atoms with Gasteiger partial charge < -0.3 is 9.53 Å². The summed E-state index contributed by atoms with van der Waals surface area (Å²) >= 11 is 0. The largest absolute Gasteiger partial charge is 0.480 e. The summed E-state index contributed by atoms with van der Waals surface area (Å²) in [4.78, 5) is 13.7. The number of halogens is 1. The highest BCUT2D eigenvalue weighted by Crippen LogP contribution is 2.13. The lowest BCUT2D eigenvalue weighted by atomic mass is 10.2. The lowest BCUT2D eigenvalue weighted by molar-refractivity contribution is -0.107. The molecule has 0 amide bonds. The van der Waals surface area contributed by atoms with Gasteiger partial charge in [0, 0.05) is 0 Å². The molecule has 1 aromatic heterocycles. The average Bonchev–Trinajstić information content (AvgIpc) is 2.19. The Morgan fingerprint density at radius 2 is 2.50 bits per heavy atom. The molecule has 0 aliphatic rings. The third kappa shape index (κ3) is 2.56. The van der Waals surface area contributed by atoms with Crippen molar-refractivity contribution in [1.82, 2.24) is 4.98 Å². The van der Waals surface area contributed by atoms with E-state index < -0.39 is 5.82 Å². The second-order valence-corrected chi connectivity index (χ2v) is 2.38. The number of pyridine rings is 1. The van der Waals surface area contributed by atoms with Crippen molar-refractivity contribution in [3.05, 3.63) is 23.6 Å². The van der Waals surface area contributed by atoms with Crippen molar-refractivity contribution in [3.63, 3.8) is 0 Å². The number of ether oxygens (including phenoxy) is 1. The van der Waals surface area contributed by atoms with E-state index in [1.807, 2.05) is 0 Å². The highest BCUT2D eigenvalue weighted by atomic mass is 19.1. The molecule has 0 aromatic carbocycles. The fraction of sp³-hybridized carbons (Fsp3) is 0.200. The summed E-state index contributed by atoms with van der Waals surface area (Å²) in [7, 11) is 1.42. The molecule has 0 bridgehead atoms. The van der Waals surface area contributed by atoms with Gasteiger partial charge in [-0.2, -0.15) is 0 Å². The lowest BCUT2D eigenvalue weighted by Gasteiger charge is -2.00. The van der Waals surface area contributed by atoms with Crippen LogP contribution in [-0.4, -0.2) is 18.4 Å². The van der Waals surface area contributed by atoms with Crippen molar-refractivity contribution < 1.29 is 13.9 Å². The highest BCUT2D eigenvalue weighted by Gasteiger charge is 2.02. The molecule has 0 radical (unpaired) electrons. The summed E-state index contributed by atoms with van der Waals surface area (Å²) in [6.45, 7) is 0. The second kappa shape index (κ2) is 4.97. The van der Waals surface area contributed by atoms with Crippen LogP contribution < -0.4 is 4.74 Å². The van der Waals surface area contributed by atoms with Crippen LogP contribution in [0.3, 0.4) is 0 Å². The van der Waals surface area contributed by atoms with Crippen molar-refractivity contribution in [2.75, 3.05) is 7.11 Å². The monoisotopic (exact) mass is 193 g/mol. The first-order chi connectivity index (χ1) is 6.77. The van der Waals surface area contributed by atoms with Gasteiger partial charge in [0.2, 0.25) is 5.88 Å². The quantitative estimate of drug-likeness (QED) is 0.522. The molecule has 1 heterocycles. The molecule has 0 saturated carbocycles. The number of methoxy groups -OCH3 is 1. The number of aromatic nitrogens is 1. The maximum Gasteiger partial charge on any atom is 0.229 e. The van der Waals surface area contributed by atoms with Gasteiger partial charge in [-0.3, -0.25) is 0 Å². The van der Waals surface area contributed by atoms with E-state index in [2.05, 4.69) is 16.8 Å². The maximum atomic E-state index is 12.7. The van der Waals surface area contributed by atoms with E-state index in [4.69, 9.17) is 4.74 Å². The van der Waals surface area contributed by atoms with Gasteiger partial charge in [-0.25, -0.2) is 9.37 Å². The first-order valence-corrected chi connectivity index (χ1v) is 3.90. The molecule has 72 valence electrons. The standard InChI is InChI=1S/C10H8FNO2/c1-14-10-8(4-2-3-5-13)6-9(11)7-12-10/h5-7H,3H2,1H3. The zero-order valence-electron chi connectivity index (χ0n) is 7.58. The fourth-order valence-electron chi connectivity index (χ4n) is 0.867. The summed E-state index contributed by atoms with van der Waals surface area (Å²) < 4.78 is 17.6. The number of hydrogen-bond donors (Lipinski definition) is 0. The topological polar surface area (TPSA) is 39.2 Å². The SMILES string of the molecule is COc1ncc(F)cc1C#CCC=O. The van der Waals surface area contributed by atoms with E-state index in [0.717, 1.165) is 6.20 Å². The molecular formula is C10H8FNO2. The third-order valence-electron chi connectivity index (χ3n) is 1.42. The van der Waals surface area contributed by atoms with Crippen molar-refractivity contribution in [1.29, 1.82) is 0 Å². The Bertz CT molecular complexity index is 393. The summed E-state index contributed by atoms with van der Waals surface area (Å²) in [5.74, 6) is 4.92. The van der Waals surface area contributed by atoms with Crippen LogP contribution in [0.5, 0.6) is 5.88 Å². The predicted octanol–water partition coefficient (Wildman–Crippen LogP) is 1.17. The maximum absolute atomic E-state index is 12.7. The number of aldehydes is 1. The molecule has 0 unspecified atom stereocenters. The van der Waals surface area contributed by atoms with Crippen molar-refractivity contribution >= 4 is 6.29 Å². The van der Waals surface area contributed by atoms with Crippen LogP contribution >= 0.6 is 0 Å². The first kappa shape index (κ1) is 10.2. The van der Waals surface area contributed by atoms with E-state index in [1.54, 1.807) is 0 Å². The number of nitrogens with zero attached hydrogens (tertiary/aromatic N) is 1. The summed E-state index contributed by atoms with van der Waals surface area (Å²) in [5, 5.41) is 0. The molecule has 0 saturated heterocycles. The number of carbonyl (C=O) groups excluding carboxylic acids is 1. The van der Waals surface area contributed by atoms with Gasteiger partial charge in [-0.15, -0.1) is 0 Å². The predicted molar refractivity (Wildman–Crippen MR) is 48.3 cm³/mol. The number of rotatable bonds is 2. The minimum absolute atomic E-state index is 0.111. The van der Waals surface area contributed by atoms with Crippen LogP contribution in [0.15, 0.2) is 12.3 Å². The zero-order valence-corrected chi connectivity index (χ0v) is 7.58. The normalized spacial score (nSPS) is 8.71. The second-order valence-electron chi connectivity index (χ2n) is 2.38. The zero-order chi connectivity index (χ0) is 10.4. The molecule has 0 spiro atoms. The Balaban J connectivity index is 3.00. The Morgan fingerprint density at radius 3 is 3.14 bits per heavy atom. The molecule has 4 heteroatoms. The Hall–Kier alpha value is -1.89. The van der Waals surface area contributed by atoms with Gasteiger partial charge in [0.15, 0.2) is 0 Å². The minimum atomic E-state index is -0.485. The molecule has 3 nitrogen and oxygen atoms in total. The molecule has 14 heavy (non-hydrogen) atoms. The molecule has 0 N–H and O–H groups in total. The van der Waals surface area contributed by atoms with Gasteiger partial charge >= 0.3 is 0 Å². The average molecular weight is 193 g/mol. The van der Waals surface area contributed by atoms with Gasteiger partial charge in [0.1, 0.15) is 12.1 Å². The van der Waals surface area contributed by atoms with E-state index >= 15 is 0 Å². The molecule has 0 atom stereocenters. The molecule has 0 aliphatic carbocycles. The number of hydrogen-bond acceptors (Lipinski definition) is 3. The van der Waals surface area contributed by atoms with Crippen molar-refractivity contribution in [2.24, 2.45) is 0 Å². The summed E-state index contributed by atoms with van der Waals surface area (Å²) in [6.07, 6.45) is 1.83. The Morgan fingerprint density at radius 1 is 1.71 bits per heavy atom. The molecule has 1 aromatic rings. The van der Waals surface area contributed by atoms with Crippen molar-refractivity contribution in [2.45, 2.75) is 6.42 Å². The molecular weight excluding hydrogens is 185 g/mol. The first-order valence-electron chi connectivity index (χ1n) is 3.90. The van der Waals surface area contributed by atoms with Crippen LogP contribution in [0.4, 0.5) is 4.39 Å². The Labute approximate surface area is 80.9 Å². The number of carbonyl (C=O) groups is 1. The molecule has 1 rings (SSSR count). The third-order valence-corrected chi connectivity index (χ3v) is 1.42. The fourth-order valence-corrected chi connectivity index (χ4v) is 0.867. The molecule has 0 aliphatic heterocycles. The van der Waals surface area contributed by atoms with E-state index in [-0.39, 0.29) is 12.3 Å². The van der Waals surface area contributed by atoms with Crippen LogP contribution in [-0.2, 0) is 4.79 Å². The van der Waals surface area contributed by atoms with Gasteiger partial charge in [-0.05, 0) is 6.07 Å². The van der Waals surface area contributed by atoms with Crippen molar-refractivity contribution in [3.8, 4) is 17.7 Å². The summed E-state index contributed by atoms with van der Waals surface area (Å²) in [5.41, 5.74) is 0.342. The minimum Gasteiger partial charge on any atom is -0.480 e. The van der Waals surface area contributed by atoms with E-state index in [9.17, 15) is 9.18 Å². The van der Waals surface area contributed by atoms with Crippen LogP contribution in [0.25, 0.3) is 0 Å². The van der Waals surface area contributed by atoms with E-state index in [0.29, 0.717) is 11.8 Å². The molecule has 0 fully saturated rings. The van der Waals surface area contributed by atoms with Gasteiger partial charge in [0.05, 0.1) is 25.3 Å². The van der Waals surface area contributed by atoms with Gasteiger partial charge in [0.25, 0.3) is 0 Å². The van der Waals surface area contributed by atoms with Crippen LogP contribution in [0, 0.1) is 17.7 Å². The lowest BCUT2D eigenvalue weighted by Crippen LogP contribution is -1.92. The van der Waals surface area contributed by atoms with Crippen LogP contribution in [0.2, 0.25) is 0 Å². The Kier molecular flexibility index (Phi) is 3.62. The summed E-state index contributed by atoms with van der Waals surface area (Å²) in [6, 6.07) is 1.21. The highest BCUT2D eigenvalue weighted by molar-refractivity contribution is 5.55. The smallest absolute Gasteiger partial charge is 0.229 e. The van der Waals surface area contributed by atoms with Crippen LogP contribution in [0.1, 0.15) is 12.0 Å². The van der Waals surface area contributed by atoms with E-state index in [1.165, 1.54) is 13.2 Å².